The van der Waals surface area contributed by atoms with E-state index in [0.29, 0.717) is 6.61 Å². The van der Waals surface area contributed by atoms with Crippen LogP contribution in [0.15, 0.2) is 18.0 Å². The summed E-state index contributed by atoms with van der Waals surface area (Å²) < 4.78 is 62.2. The fourth-order valence-corrected chi connectivity index (χ4v) is 3.26. The van der Waals surface area contributed by atoms with E-state index in [1.54, 1.807) is 6.92 Å². The van der Waals surface area contributed by atoms with E-state index in [2.05, 4.69) is 5.32 Å². The molecule has 0 aliphatic heterocycles. The van der Waals surface area contributed by atoms with Gasteiger partial charge >= 0.3 is 0 Å². The van der Waals surface area contributed by atoms with E-state index in [0.717, 1.165) is 19.0 Å². The largest absolute Gasteiger partial charge is 0.380 e. The predicted molar refractivity (Wildman–Crippen MR) is 86.0 cm³/mol. The maximum Gasteiger partial charge on any atom is 0.169 e. The van der Waals surface area contributed by atoms with E-state index < -0.39 is 34.3 Å². The van der Waals surface area contributed by atoms with Gasteiger partial charge < -0.3 is 10.1 Å². The first-order valence-electron chi connectivity index (χ1n) is 8.24. The molecule has 24 heavy (non-hydrogen) atoms. The maximum atomic E-state index is 14.9. The summed E-state index contributed by atoms with van der Waals surface area (Å²) in [5.74, 6) is -4.96. The Hall–Kier alpha value is -1.40. The molecule has 2 atom stereocenters. The summed E-state index contributed by atoms with van der Waals surface area (Å²) in [7, 11) is 0. The molecule has 1 aromatic carbocycles. The molecule has 134 valence electrons. The molecule has 1 aliphatic carbocycles. The molecule has 1 N–H and O–H groups in total. The molecule has 2 rings (SSSR count). The fourth-order valence-electron chi connectivity index (χ4n) is 3.26. The molecule has 0 aromatic heterocycles. The van der Waals surface area contributed by atoms with E-state index in [-0.39, 0.29) is 24.6 Å². The molecule has 0 spiro atoms. The molecule has 0 saturated carbocycles. The average Bonchev–Trinajstić information content (AvgIpc) is 2.77. The van der Waals surface area contributed by atoms with Crippen LogP contribution in [-0.2, 0) is 10.2 Å². The van der Waals surface area contributed by atoms with Gasteiger partial charge in [0.1, 0.15) is 5.83 Å². The molecule has 6 heteroatoms. The summed E-state index contributed by atoms with van der Waals surface area (Å²) in [6.07, 6.45) is 1.08. The second kappa shape index (κ2) is 7.66. The van der Waals surface area contributed by atoms with E-state index in [9.17, 15) is 17.6 Å². The molecule has 0 heterocycles. The summed E-state index contributed by atoms with van der Waals surface area (Å²) in [5, 5.41) is 3.22. The third kappa shape index (κ3) is 3.22. The molecule has 0 radical (unpaired) electrons. The molecular weight excluding hydrogens is 322 g/mol. The maximum absolute atomic E-state index is 14.9. The molecule has 0 amide bonds. The Morgan fingerprint density at radius 1 is 1.17 bits per heavy atom. The lowest BCUT2D eigenvalue weighted by molar-refractivity contribution is 0.0892. The summed E-state index contributed by atoms with van der Waals surface area (Å²) in [6, 6.07) is 2.01. The summed E-state index contributed by atoms with van der Waals surface area (Å²) >= 11 is 0. The van der Waals surface area contributed by atoms with Crippen LogP contribution in [0.25, 0.3) is 5.83 Å². The van der Waals surface area contributed by atoms with Crippen molar-refractivity contribution in [2.24, 2.45) is 0 Å². The Morgan fingerprint density at radius 3 is 2.50 bits per heavy atom. The van der Waals surface area contributed by atoms with Crippen LogP contribution in [0.1, 0.15) is 44.7 Å². The Labute approximate surface area is 139 Å². The summed E-state index contributed by atoms with van der Waals surface area (Å²) in [5.41, 5.74) is -1.95. The molecule has 1 aromatic rings. The van der Waals surface area contributed by atoms with Gasteiger partial charge in [-0.05, 0) is 44.9 Å². The van der Waals surface area contributed by atoms with Crippen LogP contribution in [0.5, 0.6) is 0 Å². The highest BCUT2D eigenvalue weighted by atomic mass is 19.2. The van der Waals surface area contributed by atoms with Crippen molar-refractivity contribution in [3.63, 3.8) is 0 Å². The fraction of sp³-hybridized carbons (Fsp3) is 0.556. The summed E-state index contributed by atoms with van der Waals surface area (Å²) in [6.45, 7) is 6.51. The van der Waals surface area contributed by atoms with E-state index in [1.165, 1.54) is 6.07 Å². The van der Waals surface area contributed by atoms with Crippen molar-refractivity contribution in [3.8, 4) is 0 Å². The highest BCUT2D eigenvalue weighted by Crippen LogP contribution is 2.51. The molecular formula is C18H23F4NO. The molecule has 1 aliphatic rings. The Morgan fingerprint density at radius 2 is 1.88 bits per heavy atom. The van der Waals surface area contributed by atoms with Crippen LogP contribution in [0.4, 0.5) is 17.6 Å². The Kier molecular flexibility index (Phi) is 6.04. The number of halogens is 4. The molecule has 0 fully saturated rings. The van der Waals surface area contributed by atoms with Gasteiger partial charge in [0.25, 0.3) is 0 Å². The summed E-state index contributed by atoms with van der Waals surface area (Å²) in [4.78, 5) is 0. The lowest BCUT2D eigenvalue weighted by Crippen LogP contribution is -2.40. The molecule has 2 unspecified atom stereocenters. The smallest absolute Gasteiger partial charge is 0.169 e. The number of rotatable bonds is 8. The minimum Gasteiger partial charge on any atom is -0.380 e. The number of fused-ring (bicyclic) bond motifs is 1. The third-order valence-corrected chi connectivity index (χ3v) is 4.39. The monoisotopic (exact) mass is 345 g/mol. The number of hydrogen-bond acceptors (Lipinski definition) is 2. The molecule has 2 nitrogen and oxygen atoms in total. The second-order valence-corrected chi connectivity index (χ2v) is 6.19. The normalized spacial score (nSPS) is 21.3. The molecule has 0 saturated heterocycles. The Balaban J connectivity index is 2.50. The van der Waals surface area contributed by atoms with Crippen molar-refractivity contribution < 1.29 is 22.3 Å². The number of nitrogens with one attached hydrogen (secondary N) is 1. The second-order valence-electron chi connectivity index (χ2n) is 6.19. The van der Waals surface area contributed by atoms with Gasteiger partial charge in [-0.2, -0.15) is 0 Å². The van der Waals surface area contributed by atoms with E-state index in [1.807, 2.05) is 13.8 Å². The zero-order valence-corrected chi connectivity index (χ0v) is 14.2. The zero-order valence-electron chi connectivity index (χ0n) is 14.2. The van der Waals surface area contributed by atoms with Gasteiger partial charge in [-0.3, -0.25) is 0 Å². The highest BCUT2D eigenvalue weighted by Gasteiger charge is 2.49. The van der Waals surface area contributed by atoms with Gasteiger partial charge in [-0.1, -0.05) is 13.0 Å². The van der Waals surface area contributed by atoms with Crippen molar-refractivity contribution >= 4 is 5.83 Å². The van der Waals surface area contributed by atoms with Crippen molar-refractivity contribution in [3.05, 3.63) is 40.7 Å². The van der Waals surface area contributed by atoms with Crippen molar-refractivity contribution in [2.75, 3.05) is 19.8 Å². The SMILES string of the molecule is CCCNC(C)CC1(COCC)C(F)=C(F)c2c1ccc(F)c2F. The number of ether oxygens (including phenoxy) is 1. The van der Waals surface area contributed by atoms with Gasteiger partial charge in [0, 0.05) is 12.6 Å². The van der Waals surface area contributed by atoms with Crippen molar-refractivity contribution in [2.45, 2.75) is 45.1 Å². The number of benzene rings is 1. The van der Waals surface area contributed by atoms with Gasteiger partial charge in [-0.25, -0.2) is 17.6 Å². The first kappa shape index (κ1) is 18.9. The first-order valence-corrected chi connectivity index (χ1v) is 8.24. The van der Waals surface area contributed by atoms with Crippen LogP contribution in [0.2, 0.25) is 0 Å². The quantitative estimate of drug-likeness (QED) is 0.693. The van der Waals surface area contributed by atoms with Crippen LogP contribution in [0.3, 0.4) is 0 Å². The third-order valence-electron chi connectivity index (χ3n) is 4.39. The highest BCUT2D eigenvalue weighted by molar-refractivity contribution is 5.75. The first-order chi connectivity index (χ1) is 11.4. The topological polar surface area (TPSA) is 21.3 Å². The minimum absolute atomic E-state index is 0.106. The van der Waals surface area contributed by atoms with E-state index in [4.69, 9.17) is 4.74 Å². The van der Waals surface area contributed by atoms with Gasteiger partial charge in [0.05, 0.1) is 17.6 Å². The van der Waals surface area contributed by atoms with Gasteiger partial charge in [0.2, 0.25) is 0 Å². The minimum atomic E-state index is -1.44. The zero-order chi connectivity index (χ0) is 17.9. The van der Waals surface area contributed by atoms with Crippen LogP contribution in [-0.4, -0.2) is 25.8 Å². The average molecular weight is 345 g/mol. The lowest BCUT2D eigenvalue weighted by Gasteiger charge is -2.32. The van der Waals surface area contributed by atoms with Crippen molar-refractivity contribution in [1.82, 2.24) is 5.32 Å². The Bertz CT molecular complexity index is 632. The van der Waals surface area contributed by atoms with Crippen LogP contribution < -0.4 is 5.32 Å². The van der Waals surface area contributed by atoms with Gasteiger partial charge in [-0.15, -0.1) is 0 Å². The van der Waals surface area contributed by atoms with E-state index >= 15 is 0 Å². The van der Waals surface area contributed by atoms with Crippen LogP contribution in [0, 0.1) is 11.6 Å². The van der Waals surface area contributed by atoms with Crippen LogP contribution >= 0.6 is 0 Å². The lowest BCUT2D eigenvalue weighted by atomic mass is 9.77. The van der Waals surface area contributed by atoms with Crippen molar-refractivity contribution in [1.29, 1.82) is 0 Å². The molecule has 0 bridgehead atoms. The predicted octanol–water partition coefficient (Wildman–Crippen LogP) is 4.64. The standard InChI is InChI=1S/C18H23F4NO/c1-4-8-23-11(3)9-18(10-24-5-2)12-6-7-13(19)15(20)14(12)16(21)17(18)22/h6-7,11,23H,4-5,8-10H2,1-3H3. The van der Waals surface area contributed by atoms with Gasteiger partial charge in [0.15, 0.2) is 17.5 Å². The number of hydrogen-bond donors (Lipinski definition) is 1.